The largest absolute Gasteiger partial charge is 0.468 e. The Morgan fingerprint density at radius 3 is 2.67 bits per heavy atom. The lowest BCUT2D eigenvalue weighted by Gasteiger charge is -2.39. The molecule has 1 aliphatic carbocycles. The summed E-state index contributed by atoms with van der Waals surface area (Å²) in [6.07, 6.45) is 8.12. The zero-order chi connectivity index (χ0) is 10.7. The van der Waals surface area contributed by atoms with Crippen LogP contribution in [0.15, 0.2) is 22.8 Å². The SMILES string of the molecule is CC1(C(NN)c2ccco2)CCCCC1. The molecule has 84 valence electrons. The predicted octanol–water partition coefficient (Wildman–Crippen LogP) is 2.75. The number of furan rings is 1. The van der Waals surface area contributed by atoms with Crippen molar-refractivity contribution in [1.82, 2.24) is 5.43 Å². The highest BCUT2D eigenvalue weighted by molar-refractivity contribution is 5.09. The van der Waals surface area contributed by atoms with Crippen LogP contribution >= 0.6 is 0 Å². The van der Waals surface area contributed by atoms with E-state index in [9.17, 15) is 0 Å². The van der Waals surface area contributed by atoms with Gasteiger partial charge in [0, 0.05) is 0 Å². The van der Waals surface area contributed by atoms with Crippen LogP contribution in [-0.4, -0.2) is 0 Å². The minimum absolute atomic E-state index is 0.146. The van der Waals surface area contributed by atoms with Gasteiger partial charge in [0.2, 0.25) is 0 Å². The summed E-state index contributed by atoms with van der Waals surface area (Å²) in [6.45, 7) is 2.30. The third-order valence-electron chi connectivity index (χ3n) is 3.69. The van der Waals surface area contributed by atoms with Crippen molar-refractivity contribution in [3.8, 4) is 0 Å². The predicted molar refractivity (Wildman–Crippen MR) is 60.0 cm³/mol. The fourth-order valence-corrected chi connectivity index (χ4v) is 2.73. The van der Waals surface area contributed by atoms with Crippen LogP contribution in [0.4, 0.5) is 0 Å². The summed E-state index contributed by atoms with van der Waals surface area (Å²) in [5, 5.41) is 0. The smallest absolute Gasteiger partial charge is 0.122 e. The Hall–Kier alpha value is -0.800. The topological polar surface area (TPSA) is 51.2 Å². The van der Waals surface area contributed by atoms with E-state index in [2.05, 4.69) is 12.3 Å². The van der Waals surface area contributed by atoms with Crippen LogP contribution in [0, 0.1) is 5.41 Å². The van der Waals surface area contributed by atoms with Gasteiger partial charge in [-0.15, -0.1) is 0 Å². The summed E-state index contributed by atoms with van der Waals surface area (Å²) < 4.78 is 5.46. The summed E-state index contributed by atoms with van der Waals surface area (Å²) in [7, 11) is 0. The molecule has 1 unspecified atom stereocenters. The molecule has 0 bridgehead atoms. The first-order valence-electron chi connectivity index (χ1n) is 5.76. The number of hydrogen-bond donors (Lipinski definition) is 2. The molecule has 3 N–H and O–H groups in total. The summed E-state index contributed by atoms with van der Waals surface area (Å²) >= 11 is 0. The molecule has 0 amide bonds. The summed E-state index contributed by atoms with van der Waals surface area (Å²) in [5.74, 6) is 6.63. The van der Waals surface area contributed by atoms with Gasteiger partial charge in [0.25, 0.3) is 0 Å². The van der Waals surface area contributed by atoms with Gasteiger partial charge in [0.1, 0.15) is 5.76 Å². The van der Waals surface area contributed by atoms with Crippen molar-refractivity contribution in [3.63, 3.8) is 0 Å². The zero-order valence-corrected chi connectivity index (χ0v) is 9.33. The minimum atomic E-state index is 0.146. The second-order valence-electron chi connectivity index (χ2n) is 4.83. The molecule has 0 aliphatic heterocycles. The van der Waals surface area contributed by atoms with Gasteiger partial charge in [-0.05, 0) is 30.4 Å². The molecule has 1 aromatic heterocycles. The Balaban J connectivity index is 2.18. The van der Waals surface area contributed by atoms with E-state index in [-0.39, 0.29) is 11.5 Å². The fourth-order valence-electron chi connectivity index (χ4n) is 2.73. The van der Waals surface area contributed by atoms with Gasteiger partial charge in [0.05, 0.1) is 12.3 Å². The number of nitrogens with two attached hydrogens (primary N) is 1. The maximum Gasteiger partial charge on any atom is 0.122 e. The fraction of sp³-hybridized carbons (Fsp3) is 0.667. The molecule has 0 aromatic carbocycles. The van der Waals surface area contributed by atoms with Crippen molar-refractivity contribution < 1.29 is 4.42 Å². The molecule has 2 rings (SSSR count). The molecule has 1 aliphatic rings. The van der Waals surface area contributed by atoms with Gasteiger partial charge in [0.15, 0.2) is 0 Å². The van der Waals surface area contributed by atoms with Crippen molar-refractivity contribution in [3.05, 3.63) is 24.2 Å². The Labute approximate surface area is 91.0 Å². The molecule has 1 saturated carbocycles. The minimum Gasteiger partial charge on any atom is -0.468 e. The highest BCUT2D eigenvalue weighted by Crippen LogP contribution is 2.45. The van der Waals surface area contributed by atoms with E-state index < -0.39 is 0 Å². The second kappa shape index (κ2) is 4.37. The Morgan fingerprint density at radius 1 is 1.40 bits per heavy atom. The van der Waals surface area contributed by atoms with Crippen molar-refractivity contribution in [1.29, 1.82) is 0 Å². The highest BCUT2D eigenvalue weighted by atomic mass is 16.3. The van der Waals surface area contributed by atoms with Crippen LogP contribution in [0.5, 0.6) is 0 Å². The first kappa shape index (κ1) is 10.7. The van der Waals surface area contributed by atoms with E-state index >= 15 is 0 Å². The molecule has 1 atom stereocenters. The van der Waals surface area contributed by atoms with Gasteiger partial charge >= 0.3 is 0 Å². The summed E-state index contributed by atoms with van der Waals surface area (Å²) in [4.78, 5) is 0. The van der Waals surface area contributed by atoms with Crippen LogP contribution in [0.25, 0.3) is 0 Å². The quantitative estimate of drug-likeness (QED) is 0.593. The van der Waals surface area contributed by atoms with E-state index in [1.54, 1.807) is 6.26 Å². The lowest BCUT2D eigenvalue weighted by molar-refractivity contribution is 0.129. The summed E-state index contributed by atoms with van der Waals surface area (Å²) in [6, 6.07) is 4.07. The van der Waals surface area contributed by atoms with Gasteiger partial charge in [-0.1, -0.05) is 26.2 Å². The molecule has 1 aromatic rings. The zero-order valence-electron chi connectivity index (χ0n) is 9.33. The molecular formula is C12H20N2O. The third-order valence-corrected chi connectivity index (χ3v) is 3.69. The van der Waals surface area contributed by atoms with Gasteiger partial charge in [-0.2, -0.15) is 0 Å². The van der Waals surface area contributed by atoms with Crippen LogP contribution in [-0.2, 0) is 0 Å². The van der Waals surface area contributed by atoms with Crippen molar-refractivity contribution >= 4 is 0 Å². The molecular weight excluding hydrogens is 188 g/mol. The molecule has 0 spiro atoms. The number of rotatable bonds is 3. The van der Waals surface area contributed by atoms with Gasteiger partial charge < -0.3 is 4.42 Å². The first-order valence-corrected chi connectivity index (χ1v) is 5.76. The second-order valence-corrected chi connectivity index (χ2v) is 4.83. The molecule has 3 heteroatoms. The van der Waals surface area contributed by atoms with Crippen LogP contribution in [0.1, 0.15) is 50.8 Å². The molecule has 3 nitrogen and oxygen atoms in total. The monoisotopic (exact) mass is 208 g/mol. The average molecular weight is 208 g/mol. The maximum absolute atomic E-state index is 5.67. The Kier molecular flexibility index (Phi) is 3.12. The Morgan fingerprint density at radius 2 is 2.13 bits per heavy atom. The lowest BCUT2D eigenvalue weighted by atomic mass is 9.70. The molecule has 15 heavy (non-hydrogen) atoms. The number of nitrogens with one attached hydrogen (secondary N) is 1. The lowest BCUT2D eigenvalue weighted by Crippen LogP contribution is -2.40. The maximum atomic E-state index is 5.67. The molecule has 1 heterocycles. The van der Waals surface area contributed by atoms with E-state index in [0.717, 1.165) is 5.76 Å². The standard InChI is InChI=1S/C12H20N2O/c1-12(7-3-2-4-8-12)11(14-13)10-6-5-9-15-10/h5-6,9,11,14H,2-4,7-8,13H2,1H3. The number of hydrogen-bond acceptors (Lipinski definition) is 3. The van der Waals surface area contributed by atoms with E-state index in [1.165, 1.54) is 32.1 Å². The van der Waals surface area contributed by atoms with E-state index in [1.807, 2.05) is 12.1 Å². The van der Waals surface area contributed by atoms with E-state index in [4.69, 9.17) is 10.3 Å². The molecule has 0 radical (unpaired) electrons. The van der Waals surface area contributed by atoms with Crippen LogP contribution in [0.3, 0.4) is 0 Å². The van der Waals surface area contributed by atoms with E-state index in [0.29, 0.717) is 0 Å². The first-order chi connectivity index (χ1) is 7.26. The molecule has 1 fully saturated rings. The molecule has 0 saturated heterocycles. The highest BCUT2D eigenvalue weighted by Gasteiger charge is 2.37. The third kappa shape index (κ3) is 2.08. The van der Waals surface area contributed by atoms with Crippen molar-refractivity contribution in [2.75, 3.05) is 0 Å². The van der Waals surface area contributed by atoms with Crippen LogP contribution in [0.2, 0.25) is 0 Å². The van der Waals surface area contributed by atoms with Crippen LogP contribution < -0.4 is 11.3 Å². The Bertz CT molecular complexity index is 289. The summed E-state index contributed by atoms with van der Waals surface area (Å²) in [5.41, 5.74) is 3.16. The normalized spacial score (nSPS) is 22.5. The van der Waals surface area contributed by atoms with Crippen molar-refractivity contribution in [2.45, 2.75) is 45.1 Å². The van der Waals surface area contributed by atoms with Gasteiger partial charge in [-0.25, -0.2) is 5.43 Å². The number of hydrazine groups is 1. The van der Waals surface area contributed by atoms with Crippen molar-refractivity contribution in [2.24, 2.45) is 11.3 Å². The average Bonchev–Trinajstić information content (AvgIpc) is 2.73. The van der Waals surface area contributed by atoms with Gasteiger partial charge in [-0.3, -0.25) is 5.84 Å².